The molecule has 0 spiro atoms. The van der Waals surface area contributed by atoms with Crippen LogP contribution < -0.4 is 9.62 Å². The molecule has 192 valence electrons. The lowest BCUT2D eigenvalue weighted by Gasteiger charge is -2.33. The highest BCUT2D eigenvalue weighted by Gasteiger charge is 2.32. The van der Waals surface area contributed by atoms with Gasteiger partial charge >= 0.3 is 0 Å². The first-order valence-electron chi connectivity index (χ1n) is 10.7. The number of hydrogen-bond donors (Lipinski definition) is 1. The molecule has 0 saturated carbocycles. The largest absolute Gasteiger partial charge is 0.352 e. The van der Waals surface area contributed by atoms with Gasteiger partial charge in [-0.3, -0.25) is 13.9 Å². The van der Waals surface area contributed by atoms with Gasteiger partial charge in [0.1, 0.15) is 12.6 Å². The quantitative estimate of drug-likeness (QED) is 0.406. The molecule has 35 heavy (non-hydrogen) atoms. The first-order chi connectivity index (χ1) is 16.2. The van der Waals surface area contributed by atoms with Gasteiger partial charge in [0, 0.05) is 17.6 Å². The zero-order chi connectivity index (χ0) is 26.5. The third-order valence-corrected chi connectivity index (χ3v) is 7.41. The van der Waals surface area contributed by atoms with Gasteiger partial charge in [0.15, 0.2) is 0 Å². The molecule has 1 N–H and O–H groups in total. The van der Waals surface area contributed by atoms with E-state index < -0.39 is 28.5 Å². The third kappa shape index (κ3) is 8.15. The normalized spacial score (nSPS) is 12.4. The van der Waals surface area contributed by atoms with E-state index in [1.54, 1.807) is 25.1 Å². The number of carbonyl (C=O) groups is 2. The maximum absolute atomic E-state index is 13.6. The maximum Gasteiger partial charge on any atom is 0.244 e. The molecule has 0 fully saturated rings. The number of benzene rings is 2. The highest BCUT2D eigenvalue weighted by Crippen LogP contribution is 2.31. The Bertz CT molecular complexity index is 1190. The Balaban J connectivity index is 2.50. The molecule has 2 rings (SSSR count). The molecular formula is C23H27Cl4N3O4S. The van der Waals surface area contributed by atoms with Crippen LogP contribution >= 0.6 is 46.4 Å². The Morgan fingerprint density at radius 1 is 0.971 bits per heavy atom. The van der Waals surface area contributed by atoms with Crippen molar-refractivity contribution in [2.24, 2.45) is 0 Å². The van der Waals surface area contributed by atoms with Crippen molar-refractivity contribution >= 4 is 73.9 Å². The summed E-state index contributed by atoms with van der Waals surface area (Å²) >= 11 is 24.4. The Kier molecular flexibility index (Phi) is 10.5. The van der Waals surface area contributed by atoms with Crippen molar-refractivity contribution in [3.8, 4) is 0 Å². The molecule has 0 aromatic heterocycles. The van der Waals surface area contributed by atoms with E-state index in [4.69, 9.17) is 46.4 Å². The van der Waals surface area contributed by atoms with E-state index in [2.05, 4.69) is 5.32 Å². The number of rotatable bonds is 10. The van der Waals surface area contributed by atoms with Crippen LogP contribution in [-0.2, 0) is 26.2 Å². The number of hydrogen-bond acceptors (Lipinski definition) is 4. The lowest BCUT2D eigenvalue weighted by atomic mass is 10.1. The van der Waals surface area contributed by atoms with E-state index in [1.165, 1.54) is 23.1 Å². The molecule has 2 aromatic rings. The van der Waals surface area contributed by atoms with Crippen LogP contribution in [0.1, 0.15) is 32.8 Å². The van der Waals surface area contributed by atoms with E-state index in [0.717, 1.165) is 10.6 Å². The Labute approximate surface area is 226 Å². The Morgan fingerprint density at radius 2 is 1.63 bits per heavy atom. The third-order valence-electron chi connectivity index (χ3n) is 5.01. The van der Waals surface area contributed by atoms with Crippen molar-refractivity contribution in [2.75, 3.05) is 17.1 Å². The molecule has 2 amide bonds. The lowest BCUT2D eigenvalue weighted by molar-refractivity contribution is -0.140. The van der Waals surface area contributed by atoms with E-state index in [0.29, 0.717) is 27.1 Å². The van der Waals surface area contributed by atoms with Crippen LogP contribution in [0.3, 0.4) is 0 Å². The predicted molar refractivity (Wildman–Crippen MR) is 143 cm³/mol. The molecule has 0 heterocycles. The van der Waals surface area contributed by atoms with E-state index in [9.17, 15) is 18.0 Å². The molecule has 0 saturated heterocycles. The predicted octanol–water partition coefficient (Wildman–Crippen LogP) is 5.40. The monoisotopic (exact) mass is 581 g/mol. The van der Waals surface area contributed by atoms with Crippen LogP contribution in [0.25, 0.3) is 0 Å². The molecule has 12 heteroatoms. The first-order valence-corrected chi connectivity index (χ1v) is 14.1. The van der Waals surface area contributed by atoms with Crippen molar-refractivity contribution in [1.82, 2.24) is 10.2 Å². The zero-order valence-electron chi connectivity index (χ0n) is 19.7. The Hall–Kier alpha value is -1.71. The maximum atomic E-state index is 13.6. The van der Waals surface area contributed by atoms with Crippen LogP contribution in [0.4, 0.5) is 5.69 Å². The van der Waals surface area contributed by atoms with Gasteiger partial charge in [-0.05, 0) is 56.2 Å². The molecule has 7 nitrogen and oxygen atoms in total. The molecule has 0 aliphatic rings. The second-order valence-electron chi connectivity index (χ2n) is 8.22. The number of nitrogens with zero attached hydrogens (tertiary/aromatic N) is 2. The van der Waals surface area contributed by atoms with Gasteiger partial charge in [-0.1, -0.05) is 59.4 Å². The van der Waals surface area contributed by atoms with Crippen molar-refractivity contribution in [1.29, 1.82) is 0 Å². The molecule has 0 unspecified atom stereocenters. The molecule has 0 aliphatic carbocycles. The van der Waals surface area contributed by atoms with Gasteiger partial charge in [-0.2, -0.15) is 0 Å². The molecule has 0 radical (unpaired) electrons. The molecule has 0 aliphatic heterocycles. The van der Waals surface area contributed by atoms with Crippen LogP contribution in [0.2, 0.25) is 20.1 Å². The van der Waals surface area contributed by atoms with Gasteiger partial charge in [0.25, 0.3) is 0 Å². The minimum atomic E-state index is -3.92. The number of amides is 2. The fourth-order valence-corrected chi connectivity index (χ4v) is 5.16. The fraction of sp³-hybridized carbons (Fsp3) is 0.391. The summed E-state index contributed by atoms with van der Waals surface area (Å²) in [6, 6.07) is 8.15. The topological polar surface area (TPSA) is 86.8 Å². The highest BCUT2D eigenvalue weighted by molar-refractivity contribution is 7.92. The summed E-state index contributed by atoms with van der Waals surface area (Å²) in [5.41, 5.74) is 0.722. The van der Waals surface area contributed by atoms with Gasteiger partial charge in [0.2, 0.25) is 21.8 Å². The number of halogens is 4. The number of nitrogens with one attached hydrogen (secondary N) is 1. The molecular weight excluding hydrogens is 556 g/mol. The standard InChI is InChI=1S/C23H27Cl4N3O4S/c1-5-20(23(32)28-14(2)3)29(12-15-6-8-17(25)18(26)10-15)22(31)13-30(35(4,33)34)21-9-7-16(24)11-19(21)27/h6-11,14,20H,5,12-13H2,1-4H3,(H,28,32)/t20-/m0/s1. The summed E-state index contributed by atoms with van der Waals surface area (Å²) in [6.07, 6.45) is 1.27. The fourth-order valence-electron chi connectivity index (χ4n) is 3.41. The highest BCUT2D eigenvalue weighted by atomic mass is 35.5. The summed E-state index contributed by atoms with van der Waals surface area (Å²) < 4.78 is 26.2. The summed E-state index contributed by atoms with van der Waals surface area (Å²) in [4.78, 5) is 27.9. The molecule has 1 atom stereocenters. The lowest BCUT2D eigenvalue weighted by Crippen LogP contribution is -2.53. The second-order valence-corrected chi connectivity index (χ2v) is 11.8. The van der Waals surface area contributed by atoms with E-state index in [1.807, 2.05) is 13.8 Å². The number of sulfonamides is 1. The second kappa shape index (κ2) is 12.5. The van der Waals surface area contributed by atoms with Gasteiger partial charge in [0.05, 0.1) is 27.0 Å². The minimum Gasteiger partial charge on any atom is -0.352 e. The van der Waals surface area contributed by atoms with Gasteiger partial charge < -0.3 is 10.2 Å². The van der Waals surface area contributed by atoms with Crippen molar-refractivity contribution in [3.63, 3.8) is 0 Å². The van der Waals surface area contributed by atoms with Crippen molar-refractivity contribution < 1.29 is 18.0 Å². The smallest absolute Gasteiger partial charge is 0.244 e. The van der Waals surface area contributed by atoms with Crippen molar-refractivity contribution in [2.45, 2.75) is 45.8 Å². The number of anilines is 1. The average molecular weight is 583 g/mol. The van der Waals surface area contributed by atoms with Crippen LogP contribution in [0, 0.1) is 0 Å². The van der Waals surface area contributed by atoms with E-state index >= 15 is 0 Å². The molecule has 0 bridgehead atoms. The minimum absolute atomic E-state index is 0.00565. The first kappa shape index (κ1) is 29.5. The summed E-state index contributed by atoms with van der Waals surface area (Å²) in [7, 11) is -3.92. The van der Waals surface area contributed by atoms with Crippen molar-refractivity contribution in [3.05, 3.63) is 62.1 Å². The average Bonchev–Trinajstić information content (AvgIpc) is 2.73. The Morgan fingerprint density at radius 3 is 2.14 bits per heavy atom. The van der Waals surface area contributed by atoms with Gasteiger partial charge in [-0.25, -0.2) is 8.42 Å². The van der Waals surface area contributed by atoms with Crippen LogP contribution in [0.5, 0.6) is 0 Å². The summed E-state index contributed by atoms with van der Waals surface area (Å²) in [5, 5.41) is 3.84. The van der Waals surface area contributed by atoms with Crippen LogP contribution in [-0.4, -0.2) is 50.0 Å². The number of carbonyl (C=O) groups excluding carboxylic acids is 2. The molecule has 2 aromatic carbocycles. The van der Waals surface area contributed by atoms with Gasteiger partial charge in [-0.15, -0.1) is 0 Å². The van der Waals surface area contributed by atoms with E-state index in [-0.39, 0.29) is 29.2 Å². The summed E-state index contributed by atoms with van der Waals surface area (Å²) in [6.45, 7) is 4.82. The van der Waals surface area contributed by atoms with Crippen LogP contribution in [0.15, 0.2) is 36.4 Å². The summed E-state index contributed by atoms with van der Waals surface area (Å²) in [5.74, 6) is -0.954. The zero-order valence-corrected chi connectivity index (χ0v) is 23.5. The SMILES string of the molecule is CC[C@@H](C(=O)NC(C)C)N(Cc1ccc(Cl)c(Cl)c1)C(=O)CN(c1ccc(Cl)cc1Cl)S(C)(=O)=O.